The van der Waals surface area contributed by atoms with E-state index in [0.717, 1.165) is 4.47 Å². The van der Waals surface area contributed by atoms with Gasteiger partial charge in [0, 0.05) is 11.9 Å². The first-order chi connectivity index (χ1) is 8.54. The zero-order valence-corrected chi connectivity index (χ0v) is 10.8. The molecule has 0 aliphatic carbocycles. The van der Waals surface area contributed by atoms with Crippen molar-refractivity contribution in [3.63, 3.8) is 0 Å². The topological polar surface area (TPSA) is 72.9 Å². The number of nitrogens with one attached hydrogen (secondary N) is 1. The van der Waals surface area contributed by atoms with Gasteiger partial charge in [0.15, 0.2) is 0 Å². The Morgan fingerprint density at radius 2 is 2.33 bits per heavy atom. The molecule has 0 aliphatic rings. The van der Waals surface area contributed by atoms with Crippen LogP contribution in [0.25, 0.3) is 0 Å². The Kier molecular flexibility index (Phi) is 3.61. The molecule has 18 heavy (non-hydrogen) atoms. The molecule has 2 aromatic rings. The Hall–Kier alpha value is -1.89. The molecule has 0 bridgehead atoms. The largest absolute Gasteiger partial charge is 0.399 e. The summed E-state index contributed by atoms with van der Waals surface area (Å²) in [6.45, 7) is -0.000160. The third-order valence-electron chi connectivity index (χ3n) is 2.17. The first kappa shape index (κ1) is 12.6. The van der Waals surface area contributed by atoms with Gasteiger partial charge >= 0.3 is 0 Å². The van der Waals surface area contributed by atoms with E-state index in [9.17, 15) is 9.18 Å². The number of benzene rings is 1. The molecule has 0 radical (unpaired) electrons. The molecule has 1 aromatic heterocycles. The average Bonchev–Trinajstić information content (AvgIpc) is 2.69. The predicted octanol–water partition coefficient (Wildman–Crippen LogP) is 2.01. The number of halogens is 2. The lowest BCUT2D eigenvalue weighted by Crippen LogP contribution is -2.19. The first-order valence-electron chi connectivity index (χ1n) is 5.07. The molecule has 7 heteroatoms. The minimum Gasteiger partial charge on any atom is -0.399 e. The van der Waals surface area contributed by atoms with Gasteiger partial charge in [-0.15, -0.1) is 0 Å². The highest BCUT2D eigenvalue weighted by Crippen LogP contribution is 2.17. The first-order valence-corrected chi connectivity index (χ1v) is 5.87. The van der Waals surface area contributed by atoms with Gasteiger partial charge < -0.3 is 11.1 Å². The zero-order chi connectivity index (χ0) is 13.1. The number of hydrogen-bond acceptors (Lipinski definition) is 3. The SMILES string of the molecule is Nc1ccc(F)c(NC(=O)Cn2cc(Br)cn2)c1. The van der Waals surface area contributed by atoms with E-state index >= 15 is 0 Å². The Balaban J connectivity index is 2.05. The second-order valence-electron chi connectivity index (χ2n) is 3.64. The van der Waals surface area contributed by atoms with Crippen LogP contribution in [0, 0.1) is 5.82 Å². The number of rotatable bonds is 3. The van der Waals surface area contributed by atoms with E-state index in [1.807, 2.05) is 0 Å². The molecule has 0 fully saturated rings. The minimum absolute atomic E-state index is 0.000160. The molecule has 5 nitrogen and oxygen atoms in total. The fourth-order valence-corrected chi connectivity index (χ4v) is 1.73. The molecule has 0 saturated heterocycles. The summed E-state index contributed by atoms with van der Waals surface area (Å²) in [5.41, 5.74) is 5.96. The van der Waals surface area contributed by atoms with Gasteiger partial charge in [-0.05, 0) is 34.1 Å². The molecular formula is C11H10BrFN4O. The second kappa shape index (κ2) is 5.18. The lowest BCUT2D eigenvalue weighted by atomic mass is 10.2. The molecule has 0 spiro atoms. The molecule has 1 aromatic carbocycles. The standard InChI is InChI=1S/C11H10BrFN4O/c12-7-4-15-17(5-7)6-11(18)16-10-3-8(14)1-2-9(10)13/h1-5H,6,14H2,(H,16,18). The fourth-order valence-electron chi connectivity index (χ4n) is 1.40. The molecule has 94 valence electrons. The summed E-state index contributed by atoms with van der Waals surface area (Å²) in [5, 5.41) is 6.37. The van der Waals surface area contributed by atoms with Gasteiger partial charge in [0.05, 0.1) is 16.4 Å². The van der Waals surface area contributed by atoms with E-state index in [-0.39, 0.29) is 18.1 Å². The number of anilines is 2. The third-order valence-corrected chi connectivity index (χ3v) is 2.58. The van der Waals surface area contributed by atoms with E-state index in [0.29, 0.717) is 5.69 Å². The fraction of sp³-hybridized carbons (Fsp3) is 0.0909. The van der Waals surface area contributed by atoms with Crippen LogP contribution in [-0.2, 0) is 11.3 Å². The van der Waals surface area contributed by atoms with Crippen LogP contribution in [0.5, 0.6) is 0 Å². The van der Waals surface area contributed by atoms with Crippen LogP contribution in [0.3, 0.4) is 0 Å². The van der Waals surface area contributed by atoms with Crippen molar-refractivity contribution in [1.82, 2.24) is 9.78 Å². The summed E-state index contributed by atoms with van der Waals surface area (Å²) in [6, 6.07) is 4.00. The van der Waals surface area contributed by atoms with Crippen molar-refractivity contribution in [3.05, 3.63) is 40.9 Å². The van der Waals surface area contributed by atoms with Gasteiger partial charge in [-0.3, -0.25) is 9.48 Å². The summed E-state index contributed by atoms with van der Waals surface area (Å²) in [4.78, 5) is 11.7. The van der Waals surface area contributed by atoms with Crippen molar-refractivity contribution in [1.29, 1.82) is 0 Å². The third kappa shape index (κ3) is 3.07. The average molecular weight is 313 g/mol. The quantitative estimate of drug-likeness (QED) is 0.851. The lowest BCUT2D eigenvalue weighted by molar-refractivity contribution is -0.116. The maximum absolute atomic E-state index is 13.4. The van der Waals surface area contributed by atoms with Crippen LogP contribution < -0.4 is 11.1 Å². The van der Waals surface area contributed by atoms with E-state index in [4.69, 9.17) is 5.73 Å². The molecule has 2 rings (SSSR count). The van der Waals surface area contributed by atoms with Crippen molar-refractivity contribution in [2.45, 2.75) is 6.54 Å². The Bertz CT molecular complexity index is 584. The van der Waals surface area contributed by atoms with Crippen LogP contribution >= 0.6 is 15.9 Å². The van der Waals surface area contributed by atoms with Crippen LogP contribution in [-0.4, -0.2) is 15.7 Å². The summed E-state index contributed by atoms with van der Waals surface area (Å²) in [6.07, 6.45) is 3.21. The molecule has 0 saturated carbocycles. The van der Waals surface area contributed by atoms with Crippen molar-refractivity contribution < 1.29 is 9.18 Å². The normalized spacial score (nSPS) is 10.3. The molecule has 0 aliphatic heterocycles. The second-order valence-corrected chi connectivity index (χ2v) is 4.56. The Morgan fingerprint density at radius 3 is 3.00 bits per heavy atom. The summed E-state index contributed by atoms with van der Waals surface area (Å²) in [5.74, 6) is -0.908. The molecule has 3 N–H and O–H groups in total. The number of nitrogens with zero attached hydrogens (tertiary/aromatic N) is 2. The number of nitrogens with two attached hydrogens (primary N) is 1. The molecule has 1 amide bonds. The molecule has 1 heterocycles. The van der Waals surface area contributed by atoms with Crippen LogP contribution in [0.4, 0.5) is 15.8 Å². The number of nitrogen functional groups attached to an aromatic ring is 1. The molecular weight excluding hydrogens is 303 g/mol. The Morgan fingerprint density at radius 1 is 1.56 bits per heavy atom. The van der Waals surface area contributed by atoms with E-state index < -0.39 is 5.82 Å². The van der Waals surface area contributed by atoms with Gasteiger partial charge in [-0.25, -0.2) is 4.39 Å². The van der Waals surface area contributed by atoms with E-state index in [1.165, 1.54) is 22.9 Å². The predicted molar refractivity (Wildman–Crippen MR) is 69.4 cm³/mol. The van der Waals surface area contributed by atoms with Gasteiger partial charge in [0.25, 0.3) is 0 Å². The number of aromatic nitrogens is 2. The minimum atomic E-state index is -0.529. The summed E-state index contributed by atoms with van der Waals surface area (Å²) < 4.78 is 15.6. The van der Waals surface area contributed by atoms with Crippen LogP contribution in [0.2, 0.25) is 0 Å². The van der Waals surface area contributed by atoms with Gasteiger partial charge in [-0.1, -0.05) is 0 Å². The van der Waals surface area contributed by atoms with Gasteiger partial charge in [-0.2, -0.15) is 5.10 Å². The zero-order valence-electron chi connectivity index (χ0n) is 9.23. The molecule has 0 unspecified atom stereocenters. The summed E-state index contributed by atoms with van der Waals surface area (Å²) >= 11 is 3.22. The van der Waals surface area contributed by atoms with E-state index in [1.54, 1.807) is 12.4 Å². The van der Waals surface area contributed by atoms with E-state index in [2.05, 4.69) is 26.3 Å². The maximum atomic E-state index is 13.4. The van der Waals surface area contributed by atoms with Crippen molar-refractivity contribution in [3.8, 4) is 0 Å². The highest BCUT2D eigenvalue weighted by molar-refractivity contribution is 9.10. The lowest BCUT2D eigenvalue weighted by Gasteiger charge is -2.07. The van der Waals surface area contributed by atoms with Gasteiger partial charge in [0.1, 0.15) is 12.4 Å². The monoisotopic (exact) mass is 312 g/mol. The maximum Gasteiger partial charge on any atom is 0.246 e. The van der Waals surface area contributed by atoms with Crippen LogP contribution in [0.1, 0.15) is 0 Å². The number of carbonyl (C=O) groups is 1. The highest BCUT2D eigenvalue weighted by atomic mass is 79.9. The van der Waals surface area contributed by atoms with Crippen molar-refractivity contribution in [2.75, 3.05) is 11.1 Å². The number of hydrogen-bond donors (Lipinski definition) is 2. The number of carbonyl (C=O) groups excluding carboxylic acids is 1. The van der Waals surface area contributed by atoms with Crippen molar-refractivity contribution >= 4 is 33.2 Å². The smallest absolute Gasteiger partial charge is 0.246 e. The molecule has 0 atom stereocenters. The number of amides is 1. The highest BCUT2D eigenvalue weighted by Gasteiger charge is 2.08. The van der Waals surface area contributed by atoms with Crippen LogP contribution in [0.15, 0.2) is 35.1 Å². The Labute approximate surface area is 111 Å². The van der Waals surface area contributed by atoms with Gasteiger partial charge in [0.2, 0.25) is 5.91 Å². The van der Waals surface area contributed by atoms with Crippen molar-refractivity contribution in [2.24, 2.45) is 0 Å². The summed E-state index contributed by atoms with van der Waals surface area (Å²) in [7, 11) is 0.